The average Bonchev–Trinajstić information content (AvgIpc) is 2.57. The van der Waals surface area contributed by atoms with Crippen LogP contribution >= 0.6 is 11.6 Å². The van der Waals surface area contributed by atoms with Gasteiger partial charge in [0, 0.05) is 6.04 Å². The van der Waals surface area contributed by atoms with Crippen molar-refractivity contribution in [2.24, 2.45) is 0 Å². The Balaban J connectivity index is 1.91. The third-order valence-corrected chi connectivity index (χ3v) is 6.68. The minimum Gasteiger partial charge on any atom is -0.349 e. The Morgan fingerprint density at radius 3 is 2.62 bits per heavy atom. The molecule has 1 aromatic rings. The first-order valence-corrected chi connectivity index (χ1v) is 10.6. The van der Waals surface area contributed by atoms with Crippen LogP contribution in [-0.2, 0) is 14.8 Å². The number of amides is 1. The molecule has 26 heavy (non-hydrogen) atoms. The Hall–Kier alpha value is -1.22. The second-order valence-electron chi connectivity index (χ2n) is 6.66. The van der Waals surface area contributed by atoms with Gasteiger partial charge in [0.1, 0.15) is 5.82 Å². The summed E-state index contributed by atoms with van der Waals surface area (Å²) in [6, 6.07) is 3.56. The lowest BCUT2D eigenvalue weighted by Crippen LogP contribution is -3.15. The van der Waals surface area contributed by atoms with E-state index in [1.807, 2.05) is 6.92 Å². The molecule has 1 saturated heterocycles. The molecule has 1 atom stereocenters. The lowest BCUT2D eigenvalue weighted by atomic mass is 10.2. The van der Waals surface area contributed by atoms with Crippen LogP contribution in [0.25, 0.3) is 0 Å². The van der Waals surface area contributed by atoms with Crippen LogP contribution in [0.1, 0.15) is 26.7 Å². The van der Waals surface area contributed by atoms with Crippen LogP contribution in [0, 0.1) is 5.82 Å². The molecule has 1 aliphatic rings. The number of rotatable bonds is 7. The number of quaternary nitrogens is 1. The summed E-state index contributed by atoms with van der Waals surface area (Å²) in [5.74, 6) is -0.661. The standard InChI is InChI=1S/C17H25ClFN3O3S/c1-3-4-13(2)20-17(23)12-21-7-9-22(10-8-21)26(24,25)14-5-6-16(19)15(18)11-14/h5-6,11,13H,3-4,7-10,12H2,1-2H3,(H,20,23)/p+1/t13-/m0/s1. The number of piperazine rings is 1. The maximum Gasteiger partial charge on any atom is 0.275 e. The van der Waals surface area contributed by atoms with Gasteiger partial charge in [-0.15, -0.1) is 0 Å². The summed E-state index contributed by atoms with van der Waals surface area (Å²) in [6.45, 7) is 6.10. The molecule has 1 amide bonds. The molecular formula is C17H26ClFN3O3S+. The fourth-order valence-corrected chi connectivity index (χ4v) is 4.78. The summed E-state index contributed by atoms with van der Waals surface area (Å²) in [4.78, 5) is 13.1. The number of hydrogen-bond acceptors (Lipinski definition) is 3. The van der Waals surface area contributed by atoms with E-state index in [9.17, 15) is 17.6 Å². The lowest BCUT2D eigenvalue weighted by molar-refractivity contribution is -0.895. The maximum absolute atomic E-state index is 13.3. The molecular weight excluding hydrogens is 381 g/mol. The normalized spacial score (nSPS) is 17.8. The maximum atomic E-state index is 13.3. The number of carbonyl (C=O) groups excluding carboxylic acids is 1. The van der Waals surface area contributed by atoms with E-state index in [2.05, 4.69) is 12.2 Å². The first-order valence-electron chi connectivity index (χ1n) is 8.82. The molecule has 0 unspecified atom stereocenters. The molecule has 146 valence electrons. The molecule has 9 heteroatoms. The van der Waals surface area contributed by atoms with Crippen molar-refractivity contribution in [2.75, 3.05) is 32.7 Å². The largest absolute Gasteiger partial charge is 0.349 e. The van der Waals surface area contributed by atoms with Crippen molar-refractivity contribution in [2.45, 2.75) is 37.6 Å². The SMILES string of the molecule is CCC[C@H](C)NC(=O)C[NH+]1CCN(S(=O)(=O)c2ccc(F)c(Cl)c2)CC1. The number of carbonyl (C=O) groups is 1. The highest BCUT2D eigenvalue weighted by atomic mass is 35.5. The molecule has 1 heterocycles. The van der Waals surface area contributed by atoms with Crippen LogP contribution in [-0.4, -0.2) is 57.4 Å². The second-order valence-corrected chi connectivity index (χ2v) is 9.01. The van der Waals surface area contributed by atoms with E-state index in [1.165, 1.54) is 10.4 Å². The molecule has 2 N–H and O–H groups in total. The molecule has 0 bridgehead atoms. The topological polar surface area (TPSA) is 70.9 Å². The molecule has 1 aromatic carbocycles. The molecule has 0 radical (unpaired) electrons. The quantitative estimate of drug-likeness (QED) is 0.699. The van der Waals surface area contributed by atoms with Crippen LogP contribution in [0.4, 0.5) is 4.39 Å². The first-order chi connectivity index (χ1) is 12.2. The molecule has 0 aromatic heterocycles. The Morgan fingerprint density at radius 2 is 2.04 bits per heavy atom. The van der Waals surface area contributed by atoms with Crippen molar-refractivity contribution in [1.82, 2.24) is 9.62 Å². The van der Waals surface area contributed by atoms with E-state index >= 15 is 0 Å². The van der Waals surface area contributed by atoms with Crippen LogP contribution < -0.4 is 10.2 Å². The molecule has 0 aliphatic carbocycles. The van der Waals surface area contributed by atoms with Gasteiger partial charge in [0.2, 0.25) is 10.0 Å². The van der Waals surface area contributed by atoms with Crippen LogP contribution in [0.15, 0.2) is 23.1 Å². The van der Waals surface area contributed by atoms with E-state index in [-0.39, 0.29) is 21.9 Å². The smallest absolute Gasteiger partial charge is 0.275 e. The van der Waals surface area contributed by atoms with E-state index in [4.69, 9.17) is 11.6 Å². The van der Waals surface area contributed by atoms with Crippen molar-refractivity contribution in [3.05, 3.63) is 29.0 Å². The summed E-state index contributed by atoms with van der Waals surface area (Å²) in [6.07, 6.45) is 1.95. The van der Waals surface area contributed by atoms with Crippen molar-refractivity contribution in [3.8, 4) is 0 Å². The summed E-state index contributed by atoms with van der Waals surface area (Å²) in [5, 5.41) is 2.75. The first kappa shape index (κ1) is 21.1. The van der Waals surface area contributed by atoms with E-state index < -0.39 is 15.8 Å². The van der Waals surface area contributed by atoms with Gasteiger partial charge in [-0.1, -0.05) is 24.9 Å². The molecule has 6 nitrogen and oxygen atoms in total. The predicted molar refractivity (Wildman–Crippen MR) is 98.2 cm³/mol. The summed E-state index contributed by atoms with van der Waals surface area (Å²) in [5.41, 5.74) is 0. The highest BCUT2D eigenvalue weighted by Gasteiger charge is 2.31. The number of halogens is 2. The fraction of sp³-hybridized carbons (Fsp3) is 0.588. The van der Waals surface area contributed by atoms with Gasteiger partial charge in [-0.2, -0.15) is 4.31 Å². The third-order valence-electron chi connectivity index (χ3n) is 4.50. The monoisotopic (exact) mass is 406 g/mol. The van der Waals surface area contributed by atoms with Gasteiger partial charge >= 0.3 is 0 Å². The second kappa shape index (κ2) is 9.12. The van der Waals surface area contributed by atoms with Crippen molar-refractivity contribution < 1.29 is 22.5 Å². The summed E-state index contributed by atoms with van der Waals surface area (Å²) >= 11 is 5.70. The highest BCUT2D eigenvalue weighted by Crippen LogP contribution is 2.22. The predicted octanol–water partition coefficient (Wildman–Crippen LogP) is 0.673. The third kappa shape index (κ3) is 5.39. The van der Waals surface area contributed by atoms with Crippen LogP contribution in [0.2, 0.25) is 5.02 Å². The van der Waals surface area contributed by atoms with Gasteiger partial charge in [-0.3, -0.25) is 4.79 Å². The average molecular weight is 407 g/mol. The summed E-state index contributed by atoms with van der Waals surface area (Å²) < 4.78 is 39.9. The van der Waals surface area contributed by atoms with Crippen molar-refractivity contribution in [3.63, 3.8) is 0 Å². The van der Waals surface area contributed by atoms with E-state index in [0.29, 0.717) is 32.7 Å². The molecule has 1 aliphatic heterocycles. The lowest BCUT2D eigenvalue weighted by Gasteiger charge is -2.31. The van der Waals surface area contributed by atoms with Crippen molar-refractivity contribution in [1.29, 1.82) is 0 Å². The van der Waals surface area contributed by atoms with Crippen molar-refractivity contribution >= 4 is 27.5 Å². The van der Waals surface area contributed by atoms with E-state index in [0.717, 1.165) is 29.9 Å². The number of sulfonamides is 1. The van der Waals surface area contributed by atoms with Crippen LogP contribution in [0.5, 0.6) is 0 Å². The Labute approximate surface area is 159 Å². The van der Waals surface area contributed by atoms with Gasteiger partial charge in [-0.05, 0) is 31.5 Å². The molecule has 1 fully saturated rings. The molecule has 0 spiro atoms. The zero-order valence-electron chi connectivity index (χ0n) is 15.1. The minimum absolute atomic E-state index is 0.0115. The van der Waals surface area contributed by atoms with Gasteiger partial charge in [0.15, 0.2) is 6.54 Å². The Morgan fingerprint density at radius 1 is 1.38 bits per heavy atom. The number of nitrogens with zero attached hydrogens (tertiary/aromatic N) is 1. The van der Waals surface area contributed by atoms with Crippen LogP contribution in [0.3, 0.4) is 0 Å². The fourth-order valence-electron chi connectivity index (χ4n) is 3.06. The summed E-state index contributed by atoms with van der Waals surface area (Å²) in [7, 11) is -3.71. The minimum atomic E-state index is -3.71. The van der Waals surface area contributed by atoms with Gasteiger partial charge < -0.3 is 10.2 Å². The van der Waals surface area contributed by atoms with Gasteiger partial charge in [0.25, 0.3) is 5.91 Å². The number of benzene rings is 1. The zero-order chi connectivity index (χ0) is 19.3. The van der Waals surface area contributed by atoms with Gasteiger partial charge in [0.05, 0.1) is 36.1 Å². The van der Waals surface area contributed by atoms with Gasteiger partial charge in [-0.25, -0.2) is 12.8 Å². The molecule has 2 rings (SSSR count). The highest BCUT2D eigenvalue weighted by molar-refractivity contribution is 7.89. The zero-order valence-corrected chi connectivity index (χ0v) is 16.7. The van der Waals surface area contributed by atoms with E-state index in [1.54, 1.807) is 0 Å². The Bertz CT molecular complexity index is 737. The number of nitrogens with one attached hydrogen (secondary N) is 2. The molecule has 0 saturated carbocycles. The Kier molecular flexibility index (Phi) is 7.40. The number of hydrogen-bond donors (Lipinski definition) is 2.